The van der Waals surface area contributed by atoms with E-state index in [0.29, 0.717) is 25.9 Å². The number of piperidine rings is 1. The van der Waals surface area contributed by atoms with Crippen LogP contribution in [0.1, 0.15) is 47.7 Å². The quantitative estimate of drug-likeness (QED) is 0.720. The number of carbonyl (C=O) groups is 2. The van der Waals surface area contributed by atoms with Crippen molar-refractivity contribution in [3.8, 4) is 0 Å². The molecule has 1 N–H and O–H groups in total. The Kier molecular flexibility index (Phi) is 7.36. The van der Waals surface area contributed by atoms with Crippen molar-refractivity contribution >= 4 is 11.8 Å². The van der Waals surface area contributed by atoms with Gasteiger partial charge >= 0.3 is 6.18 Å². The molecule has 1 aliphatic rings. The van der Waals surface area contributed by atoms with Gasteiger partial charge < -0.3 is 10.2 Å². The Morgan fingerprint density at radius 1 is 1.03 bits per heavy atom. The summed E-state index contributed by atoms with van der Waals surface area (Å²) < 4.78 is 38.1. The summed E-state index contributed by atoms with van der Waals surface area (Å²) in [5.41, 5.74) is 0.685. The predicted octanol–water partition coefficient (Wildman–Crippen LogP) is 4.70. The number of rotatable bonds is 6. The number of hydrogen-bond donors (Lipinski definition) is 1. The molecule has 1 atom stereocenters. The summed E-state index contributed by atoms with van der Waals surface area (Å²) >= 11 is 0. The summed E-state index contributed by atoms with van der Waals surface area (Å²) in [6, 6.07) is 14.4. The number of likely N-dealkylation sites (tertiary alicyclic amines) is 1. The number of hydrogen-bond acceptors (Lipinski definition) is 2. The first-order valence-electron chi connectivity index (χ1n) is 10.5. The first kappa shape index (κ1) is 22.8. The molecule has 2 amide bonds. The highest BCUT2D eigenvalue weighted by atomic mass is 19.4. The number of amides is 2. The molecule has 1 saturated heterocycles. The molecule has 1 unspecified atom stereocenters. The van der Waals surface area contributed by atoms with E-state index in [-0.39, 0.29) is 29.3 Å². The van der Waals surface area contributed by atoms with Crippen molar-refractivity contribution < 1.29 is 22.8 Å². The van der Waals surface area contributed by atoms with Gasteiger partial charge in [0.2, 0.25) is 5.91 Å². The maximum atomic E-state index is 12.7. The van der Waals surface area contributed by atoms with Gasteiger partial charge in [-0.1, -0.05) is 30.3 Å². The van der Waals surface area contributed by atoms with Crippen LogP contribution in [0.5, 0.6) is 0 Å². The van der Waals surface area contributed by atoms with Gasteiger partial charge in [-0.05, 0) is 62.4 Å². The van der Waals surface area contributed by atoms with E-state index in [1.54, 1.807) is 4.90 Å². The average Bonchev–Trinajstić information content (AvgIpc) is 2.77. The number of nitrogens with one attached hydrogen (secondary N) is 1. The molecule has 0 bridgehead atoms. The Labute approximate surface area is 180 Å². The van der Waals surface area contributed by atoms with Crippen LogP contribution < -0.4 is 5.32 Å². The summed E-state index contributed by atoms with van der Waals surface area (Å²) in [4.78, 5) is 26.8. The first-order chi connectivity index (χ1) is 14.7. The summed E-state index contributed by atoms with van der Waals surface area (Å²) in [5, 5.41) is 3.07. The van der Waals surface area contributed by atoms with Gasteiger partial charge in [0, 0.05) is 30.6 Å². The molecule has 0 saturated carbocycles. The molecule has 0 spiro atoms. The maximum Gasteiger partial charge on any atom is 0.416 e. The van der Waals surface area contributed by atoms with Crippen molar-refractivity contribution in [1.29, 1.82) is 0 Å². The van der Waals surface area contributed by atoms with E-state index in [2.05, 4.69) is 17.4 Å². The number of halogens is 3. The molecule has 1 aliphatic heterocycles. The molecule has 1 fully saturated rings. The Morgan fingerprint density at radius 3 is 2.23 bits per heavy atom. The molecule has 2 aromatic rings. The lowest BCUT2D eigenvalue weighted by Crippen LogP contribution is -2.44. The van der Waals surface area contributed by atoms with Crippen molar-refractivity contribution in [2.24, 2.45) is 5.92 Å². The van der Waals surface area contributed by atoms with E-state index in [4.69, 9.17) is 0 Å². The monoisotopic (exact) mass is 432 g/mol. The van der Waals surface area contributed by atoms with E-state index >= 15 is 0 Å². The molecule has 4 nitrogen and oxygen atoms in total. The minimum Gasteiger partial charge on any atom is -0.353 e. The largest absolute Gasteiger partial charge is 0.416 e. The van der Waals surface area contributed by atoms with Crippen LogP contribution in [0.3, 0.4) is 0 Å². The number of nitrogens with zero attached hydrogens (tertiary/aromatic N) is 1. The summed E-state index contributed by atoms with van der Waals surface area (Å²) in [6.07, 6.45) is -1.60. The van der Waals surface area contributed by atoms with E-state index in [9.17, 15) is 22.8 Å². The van der Waals surface area contributed by atoms with Gasteiger partial charge in [0.25, 0.3) is 5.91 Å². The minimum atomic E-state index is -4.43. The molecule has 7 heteroatoms. The van der Waals surface area contributed by atoms with Crippen molar-refractivity contribution in [2.75, 3.05) is 13.1 Å². The zero-order valence-corrected chi connectivity index (χ0v) is 17.5. The Bertz CT molecular complexity index is 874. The summed E-state index contributed by atoms with van der Waals surface area (Å²) in [7, 11) is 0. The average molecular weight is 432 g/mol. The Hall–Kier alpha value is -2.83. The van der Waals surface area contributed by atoms with Gasteiger partial charge in [-0.2, -0.15) is 13.2 Å². The third-order valence-corrected chi connectivity index (χ3v) is 5.71. The van der Waals surface area contributed by atoms with Gasteiger partial charge in [-0.25, -0.2) is 0 Å². The topological polar surface area (TPSA) is 49.4 Å². The van der Waals surface area contributed by atoms with E-state index in [1.807, 2.05) is 25.1 Å². The zero-order valence-electron chi connectivity index (χ0n) is 17.5. The number of carbonyl (C=O) groups excluding carboxylic acids is 2. The second-order valence-corrected chi connectivity index (χ2v) is 8.08. The second kappa shape index (κ2) is 9.98. The second-order valence-electron chi connectivity index (χ2n) is 8.08. The van der Waals surface area contributed by atoms with Crippen molar-refractivity contribution in [1.82, 2.24) is 10.2 Å². The van der Waals surface area contributed by atoms with E-state index in [0.717, 1.165) is 25.0 Å². The zero-order chi connectivity index (χ0) is 22.4. The molecule has 3 rings (SSSR count). The summed E-state index contributed by atoms with van der Waals surface area (Å²) in [6.45, 7) is 2.82. The number of benzene rings is 2. The predicted molar refractivity (Wildman–Crippen MR) is 112 cm³/mol. The normalized spacial score (nSPS) is 16.1. The van der Waals surface area contributed by atoms with Gasteiger partial charge in [0.15, 0.2) is 0 Å². The SMILES string of the molecule is CC(CCc1ccccc1)NC(=O)C1CCN(C(=O)c2ccc(C(F)(F)F)cc2)CC1. The van der Waals surface area contributed by atoms with Gasteiger partial charge in [-0.15, -0.1) is 0 Å². The molecule has 31 heavy (non-hydrogen) atoms. The van der Waals surface area contributed by atoms with Gasteiger partial charge in [0.1, 0.15) is 0 Å². The molecular weight excluding hydrogens is 405 g/mol. The maximum absolute atomic E-state index is 12.7. The van der Waals surface area contributed by atoms with Crippen molar-refractivity contribution in [2.45, 2.75) is 44.8 Å². The van der Waals surface area contributed by atoms with E-state index in [1.165, 1.54) is 17.7 Å². The highest BCUT2D eigenvalue weighted by molar-refractivity contribution is 5.94. The summed E-state index contributed by atoms with van der Waals surface area (Å²) in [5.74, 6) is -0.457. The fourth-order valence-electron chi connectivity index (χ4n) is 3.79. The van der Waals surface area contributed by atoms with E-state index < -0.39 is 11.7 Å². The molecule has 0 aromatic heterocycles. The van der Waals surface area contributed by atoms with Crippen LogP contribution in [0.25, 0.3) is 0 Å². The lowest BCUT2D eigenvalue weighted by Gasteiger charge is -2.32. The number of alkyl halides is 3. The van der Waals surface area contributed by atoms with Crippen LogP contribution >= 0.6 is 0 Å². The molecule has 2 aromatic carbocycles. The van der Waals surface area contributed by atoms with Crippen LogP contribution in [0.4, 0.5) is 13.2 Å². The van der Waals surface area contributed by atoms with Gasteiger partial charge in [-0.3, -0.25) is 9.59 Å². The lowest BCUT2D eigenvalue weighted by atomic mass is 9.94. The fourth-order valence-corrected chi connectivity index (χ4v) is 3.79. The van der Waals surface area contributed by atoms with Crippen LogP contribution in [0.2, 0.25) is 0 Å². The molecule has 166 valence electrons. The molecular formula is C24H27F3N2O2. The third kappa shape index (κ3) is 6.32. The highest BCUT2D eigenvalue weighted by Gasteiger charge is 2.31. The van der Waals surface area contributed by atoms with Crippen molar-refractivity contribution in [3.63, 3.8) is 0 Å². The highest BCUT2D eigenvalue weighted by Crippen LogP contribution is 2.29. The van der Waals surface area contributed by atoms with Crippen LogP contribution in [0.15, 0.2) is 54.6 Å². The Balaban J connectivity index is 1.45. The van der Waals surface area contributed by atoms with Crippen LogP contribution in [-0.2, 0) is 17.4 Å². The Morgan fingerprint density at radius 2 is 1.65 bits per heavy atom. The molecule has 1 heterocycles. The van der Waals surface area contributed by atoms with Crippen LogP contribution in [0, 0.1) is 5.92 Å². The van der Waals surface area contributed by atoms with Gasteiger partial charge in [0.05, 0.1) is 5.56 Å². The molecule has 0 radical (unpaired) electrons. The minimum absolute atomic E-state index is 0.00203. The fraction of sp³-hybridized carbons (Fsp3) is 0.417. The first-order valence-corrected chi connectivity index (χ1v) is 10.5. The smallest absolute Gasteiger partial charge is 0.353 e. The van der Waals surface area contributed by atoms with Crippen LogP contribution in [-0.4, -0.2) is 35.8 Å². The van der Waals surface area contributed by atoms with Crippen molar-refractivity contribution in [3.05, 3.63) is 71.3 Å². The third-order valence-electron chi connectivity index (χ3n) is 5.71. The lowest BCUT2D eigenvalue weighted by molar-refractivity contribution is -0.137. The number of aryl methyl sites for hydroxylation is 1. The molecule has 0 aliphatic carbocycles. The standard InChI is InChI=1S/C24H27F3N2O2/c1-17(7-8-18-5-3-2-4-6-18)28-22(30)19-13-15-29(16-14-19)23(31)20-9-11-21(12-10-20)24(25,26)27/h2-6,9-12,17,19H,7-8,13-16H2,1H3,(H,28,30).